The Morgan fingerprint density at radius 3 is 2.84 bits per heavy atom. The number of carbonyl (C=O) groups is 1. The Balaban J connectivity index is 0.00000230. The molecule has 0 saturated heterocycles. The summed E-state index contributed by atoms with van der Waals surface area (Å²) in [6, 6.07) is 8.61. The number of nitrogens with zero attached hydrogens (tertiary/aromatic N) is 5. The number of benzene rings is 2. The summed E-state index contributed by atoms with van der Waals surface area (Å²) in [6.07, 6.45) is 12.2. The van der Waals surface area contributed by atoms with Gasteiger partial charge in [0.25, 0.3) is 0 Å². The maximum Gasteiger partial charge on any atom is 0.248 e. The predicted octanol–water partition coefficient (Wildman–Crippen LogP) is 6.45. The summed E-state index contributed by atoms with van der Waals surface area (Å²) in [5.74, 6) is 1.41. The van der Waals surface area contributed by atoms with Gasteiger partial charge in [-0.05, 0) is 56.8 Å². The minimum Gasteiger partial charge on any atom is -0.475 e. The first-order valence-electron chi connectivity index (χ1n) is 16.6. The van der Waals surface area contributed by atoms with E-state index in [2.05, 4.69) is 38.7 Å². The second-order valence-electron chi connectivity index (χ2n) is 12.0. The van der Waals surface area contributed by atoms with Crippen LogP contribution in [0.2, 0.25) is 0 Å². The van der Waals surface area contributed by atoms with Gasteiger partial charge in [0.1, 0.15) is 24.4 Å². The van der Waals surface area contributed by atoms with Crippen LogP contribution in [0.1, 0.15) is 27.7 Å². The molecule has 1 unspecified atom stereocenters. The Morgan fingerprint density at radius 2 is 2.08 bits per heavy atom. The molecule has 0 fully saturated rings. The van der Waals surface area contributed by atoms with Crippen molar-refractivity contribution in [2.24, 2.45) is 5.92 Å². The van der Waals surface area contributed by atoms with Gasteiger partial charge in [-0.2, -0.15) is 4.58 Å². The first-order valence-corrected chi connectivity index (χ1v) is 16.6. The number of amides is 1. The van der Waals surface area contributed by atoms with Crippen molar-refractivity contribution in [3.8, 4) is 11.5 Å². The van der Waals surface area contributed by atoms with Crippen molar-refractivity contribution in [2.75, 3.05) is 52.2 Å². The van der Waals surface area contributed by atoms with Crippen molar-refractivity contribution in [3.63, 3.8) is 0 Å². The number of fused-ring (bicyclic) bond motifs is 4. The molecule has 0 bridgehead atoms. The average molecular weight is 667 g/mol. The van der Waals surface area contributed by atoms with Gasteiger partial charge < -0.3 is 29.9 Å². The van der Waals surface area contributed by atoms with Crippen LogP contribution in [0.3, 0.4) is 0 Å². The Kier molecular flexibility index (Phi) is 11.3. The lowest BCUT2D eigenvalue weighted by molar-refractivity contribution is -0.453. The molecule has 4 heterocycles. The molecule has 3 aromatic rings. The zero-order valence-corrected chi connectivity index (χ0v) is 29.1. The van der Waals surface area contributed by atoms with E-state index in [1.165, 1.54) is 12.4 Å². The Hall–Kier alpha value is -5.29. The summed E-state index contributed by atoms with van der Waals surface area (Å²) in [7, 11) is 3.93. The van der Waals surface area contributed by atoms with Crippen molar-refractivity contribution in [1.29, 1.82) is 0 Å². The monoisotopic (exact) mass is 666 g/mol. The Morgan fingerprint density at radius 1 is 1.27 bits per heavy atom. The number of nitrogens with one attached hydrogen (secondary N) is 2. The number of likely N-dealkylation sites (N-methyl/N-ethyl adjacent to an activating group) is 1. The second kappa shape index (κ2) is 15.7. The molecule has 0 aliphatic carbocycles. The quantitative estimate of drug-likeness (QED) is 0.153. The number of allylic oxidation sites excluding steroid dienone is 4. The fraction of sp³-hybridized carbons (Fsp3) is 0.316. The molecule has 49 heavy (non-hydrogen) atoms. The van der Waals surface area contributed by atoms with Crippen molar-refractivity contribution in [1.82, 2.24) is 25.1 Å². The van der Waals surface area contributed by atoms with Crippen LogP contribution in [0.25, 0.3) is 10.9 Å². The molecule has 1 atom stereocenters. The summed E-state index contributed by atoms with van der Waals surface area (Å²) in [5.41, 5.74) is 5.08. The van der Waals surface area contributed by atoms with Gasteiger partial charge in [0.15, 0.2) is 24.7 Å². The Bertz CT molecular complexity index is 1890. The molecule has 0 saturated carbocycles. The summed E-state index contributed by atoms with van der Waals surface area (Å²) < 4.78 is 29.8. The summed E-state index contributed by atoms with van der Waals surface area (Å²) in [4.78, 5) is 25.6. The fourth-order valence-electron chi connectivity index (χ4n) is 5.64. The van der Waals surface area contributed by atoms with Gasteiger partial charge in [-0.3, -0.25) is 4.79 Å². The fourth-order valence-corrected chi connectivity index (χ4v) is 5.64. The first kappa shape index (κ1) is 35.0. The largest absolute Gasteiger partial charge is 0.475 e. The van der Waals surface area contributed by atoms with Crippen LogP contribution in [0, 0.1) is 11.7 Å². The van der Waals surface area contributed by atoms with Crippen molar-refractivity contribution in [2.45, 2.75) is 27.7 Å². The van der Waals surface area contributed by atoms with E-state index in [9.17, 15) is 4.79 Å². The predicted molar refractivity (Wildman–Crippen MR) is 193 cm³/mol. The summed E-state index contributed by atoms with van der Waals surface area (Å²) in [6.45, 7) is 14.7. The highest BCUT2D eigenvalue weighted by Crippen LogP contribution is 2.41. The molecule has 1 amide bonds. The number of ether oxygens (including phenoxy) is 2. The molecule has 3 aliphatic rings. The van der Waals surface area contributed by atoms with Crippen LogP contribution in [0.15, 0.2) is 96.8 Å². The third-order valence-corrected chi connectivity index (χ3v) is 8.46. The molecular weight excluding hydrogens is 621 g/mol. The van der Waals surface area contributed by atoms with Crippen LogP contribution < -0.4 is 20.1 Å². The number of aromatic nitrogens is 2. The van der Waals surface area contributed by atoms with Gasteiger partial charge >= 0.3 is 0 Å². The molecule has 256 valence electrons. The molecule has 0 spiro atoms. The molecular formula is C38H45FN7O3+. The number of halogens is 1. The van der Waals surface area contributed by atoms with Gasteiger partial charge in [0.05, 0.1) is 17.4 Å². The Labute approximate surface area is 287 Å². The maximum atomic E-state index is 15.4. The molecule has 0 radical (unpaired) electrons. The highest BCUT2D eigenvalue weighted by atomic mass is 19.1. The smallest absolute Gasteiger partial charge is 0.248 e. The van der Waals surface area contributed by atoms with E-state index in [1.807, 2.05) is 75.0 Å². The van der Waals surface area contributed by atoms with Gasteiger partial charge in [-0.1, -0.05) is 32.9 Å². The lowest BCUT2D eigenvalue weighted by Gasteiger charge is -2.29. The van der Waals surface area contributed by atoms with E-state index in [0.29, 0.717) is 66.7 Å². The number of rotatable bonds is 9. The van der Waals surface area contributed by atoms with E-state index in [1.54, 1.807) is 30.5 Å². The third kappa shape index (κ3) is 7.89. The molecule has 11 heteroatoms. The maximum absolute atomic E-state index is 15.4. The lowest BCUT2D eigenvalue weighted by atomic mass is 10.00. The molecule has 2 N–H and O–H groups in total. The van der Waals surface area contributed by atoms with E-state index < -0.39 is 5.82 Å². The second-order valence-corrected chi connectivity index (χ2v) is 12.0. The number of dihydropyridines is 1. The van der Waals surface area contributed by atoms with E-state index >= 15 is 4.39 Å². The summed E-state index contributed by atoms with van der Waals surface area (Å²) >= 11 is 0. The number of anilines is 2. The van der Waals surface area contributed by atoms with Crippen LogP contribution in [0.5, 0.6) is 11.5 Å². The normalized spacial score (nSPS) is 16.9. The standard InChI is InChI=1S/C36H39FN7O3.C2H6/c1-6-23(2)24(3)30-19-27(13-14-38-30)47-32-12-9-25(18-28(32)37)41-36-34-29(39-22-40-36)10-11-31-35(34)46-21-26-20-43(16-17-44(26)31)33(45)8-7-15-42(4)5;1-2/h6-14,18-19,22-23,38H,1,15-17,20-21H2,2-5H3,(H,39,40,41);1-2H3/q+1;/b8-7+,30-24-;. The van der Waals surface area contributed by atoms with Crippen LogP contribution in [-0.2, 0) is 4.79 Å². The minimum atomic E-state index is -0.524. The van der Waals surface area contributed by atoms with E-state index in [-0.39, 0.29) is 17.6 Å². The van der Waals surface area contributed by atoms with Gasteiger partial charge in [-0.15, -0.1) is 6.58 Å². The number of hydrogen-bond acceptors (Lipinski definition) is 8. The lowest BCUT2D eigenvalue weighted by Crippen LogP contribution is -2.48. The molecule has 6 rings (SSSR count). The minimum absolute atomic E-state index is 0.00868. The van der Waals surface area contributed by atoms with Crippen molar-refractivity contribution < 1.29 is 23.2 Å². The van der Waals surface area contributed by atoms with Crippen molar-refractivity contribution in [3.05, 3.63) is 103 Å². The average Bonchev–Trinajstić information content (AvgIpc) is 3.12. The summed E-state index contributed by atoms with van der Waals surface area (Å²) in [5, 5.41) is 7.17. The highest BCUT2D eigenvalue weighted by Gasteiger charge is 2.36. The molecule has 10 nitrogen and oxygen atoms in total. The van der Waals surface area contributed by atoms with Crippen LogP contribution >= 0.6 is 0 Å². The van der Waals surface area contributed by atoms with Crippen LogP contribution in [-0.4, -0.2) is 82.8 Å². The zero-order valence-electron chi connectivity index (χ0n) is 29.1. The SMILES string of the molecule is C=CC(C)/C(C)=C1/C=C(Oc2ccc(Nc3ncnc4ccc5c(c34)OCC3=[N+]5CCN(C(=O)/C=C/CN(C)C)C3)cc2F)C=CN1.CC. The van der Waals surface area contributed by atoms with E-state index in [4.69, 9.17) is 9.47 Å². The van der Waals surface area contributed by atoms with Crippen molar-refractivity contribution >= 4 is 39.7 Å². The highest BCUT2D eigenvalue weighted by molar-refractivity contribution is 6.01. The van der Waals surface area contributed by atoms with Gasteiger partial charge in [0, 0.05) is 48.4 Å². The third-order valence-electron chi connectivity index (χ3n) is 8.46. The number of hydrogen-bond donors (Lipinski definition) is 2. The first-order chi connectivity index (χ1) is 23.7. The molecule has 2 aromatic carbocycles. The van der Waals surface area contributed by atoms with E-state index in [0.717, 1.165) is 22.7 Å². The molecule has 3 aliphatic heterocycles. The topological polar surface area (TPSA) is 94.9 Å². The van der Waals surface area contributed by atoms with Crippen LogP contribution in [0.4, 0.5) is 21.6 Å². The number of carbonyl (C=O) groups excluding carboxylic acids is 1. The molecule has 1 aromatic heterocycles. The zero-order chi connectivity index (χ0) is 35.1. The van der Waals surface area contributed by atoms with Gasteiger partial charge in [-0.25, -0.2) is 14.4 Å². The van der Waals surface area contributed by atoms with Gasteiger partial charge in [0.2, 0.25) is 23.1 Å².